The number of hydrogen-bond acceptors (Lipinski definition) is 6. The van der Waals surface area contributed by atoms with Crippen LogP contribution in [-0.2, 0) is 9.53 Å². The maximum atomic E-state index is 12.2. The number of non-ortho nitro benzene ring substituents is 1. The number of carbonyl (C=O) groups excluding carboxylic acids is 2. The van der Waals surface area contributed by atoms with Gasteiger partial charge in [0, 0.05) is 27.9 Å². The van der Waals surface area contributed by atoms with E-state index >= 15 is 0 Å². The highest BCUT2D eigenvalue weighted by molar-refractivity contribution is 7.20. The average Bonchev–Trinajstić information content (AvgIpc) is 3.06. The van der Waals surface area contributed by atoms with Gasteiger partial charge in [-0.2, -0.15) is 0 Å². The fourth-order valence-electron chi connectivity index (χ4n) is 2.50. The Morgan fingerprint density at radius 1 is 1.15 bits per heavy atom. The second-order valence-electron chi connectivity index (χ2n) is 6.03. The summed E-state index contributed by atoms with van der Waals surface area (Å²) in [4.78, 5) is 34.8. The lowest BCUT2D eigenvalue weighted by atomic mass is 10.1. The molecule has 0 fully saturated rings. The fourth-order valence-corrected chi connectivity index (χ4v) is 3.44. The van der Waals surface area contributed by atoms with Gasteiger partial charge in [-0.3, -0.25) is 14.9 Å². The summed E-state index contributed by atoms with van der Waals surface area (Å²) in [6.07, 6.45) is 0. The number of nitro benzene ring substituents is 1. The van der Waals surface area contributed by atoms with Gasteiger partial charge in [-0.1, -0.05) is 12.1 Å². The van der Waals surface area contributed by atoms with Crippen molar-refractivity contribution < 1.29 is 19.2 Å². The summed E-state index contributed by atoms with van der Waals surface area (Å²) < 4.78 is 5.79. The molecule has 0 saturated carbocycles. The van der Waals surface area contributed by atoms with Gasteiger partial charge in [0.25, 0.3) is 11.6 Å². The summed E-state index contributed by atoms with van der Waals surface area (Å²) in [6.45, 7) is 3.37. The summed E-state index contributed by atoms with van der Waals surface area (Å²) in [6, 6.07) is 11.6. The first-order valence-corrected chi connectivity index (χ1v) is 8.87. The summed E-state index contributed by atoms with van der Waals surface area (Å²) in [7, 11) is 0. The number of ether oxygens (including phenoxy) is 1. The van der Waals surface area contributed by atoms with E-state index in [-0.39, 0.29) is 10.6 Å². The molecule has 8 heteroatoms. The maximum Gasteiger partial charge on any atom is 0.348 e. The third-order valence-electron chi connectivity index (χ3n) is 3.91. The highest BCUT2D eigenvalue weighted by Crippen LogP contribution is 2.29. The minimum absolute atomic E-state index is 0.0480. The highest BCUT2D eigenvalue weighted by Gasteiger charge is 2.16. The lowest BCUT2D eigenvalue weighted by Crippen LogP contribution is -2.21. The first-order valence-electron chi connectivity index (χ1n) is 8.06. The van der Waals surface area contributed by atoms with Gasteiger partial charge in [0.2, 0.25) is 0 Å². The largest absolute Gasteiger partial charge is 0.451 e. The average molecular weight is 384 g/mol. The topological polar surface area (TPSA) is 98.5 Å². The number of nitrogens with one attached hydrogen (secondary N) is 1. The smallest absolute Gasteiger partial charge is 0.348 e. The molecule has 3 aromatic rings. The van der Waals surface area contributed by atoms with Crippen molar-refractivity contribution in [2.45, 2.75) is 13.8 Å². The Labute approximate surface area is 158 Å². The molecule has 0 atom stereocenters. The van der Waals surface area contributed by atoms with Gasteiger partial charge in [-0.05, 0) is 43.2 Å². The number of amides is 1. The summed E-state index contributed by atoms with van der Waals surface area (Å²) in [5.41, 5.74) is 2.54. The number of nitrogens with zero attached hydrogens (tertiary/aromatic N) is 1. The first-order chi connectivity index (χ1) is 12.8. The number of rotatable bonds is 5. The number of benzene rings is 2. The van der Waals surface area contributed by atoms with Crippen LogP contribution in [0.5, 0.6) is 0 Å². The summed E-state index contributed by atoms with van der Waals surface area (Å²) >= 11 is 1.16. The normalized spacial score (nSPS) is 10.6. The van der Waals surface area contributed by atoms with Crippen molar-refractivity contribution in [3.63, 3.8) is 0 Å². The van der Waals surface area contributed by atoms with Crippen LogP contribution >= 0.6 is 11.3 Å². The first kappa shape index (κ1) is 18.5. The zero-order chi connectivity index (χ0) is 19.6. The van der Waals surface area contributed by atoms with Gasteiger partial charge in [0.1, 0.15) is 4.88 Å². The standard InChI is InChI=1S/C19H16N2O5S/c1-11-3-4-12(2)15(7-11)20-18(22)10-26-19(23)17-9-13-8-14(21(24)25)5-6-16(13)27-17/h3-9H,10H2,1-2H3,(H,20,22). The molecule has 0 radical (unpaired) electrons. The number of fused-ring (bicyclic) bond motifs is 1. The number of nitro groups is 1. The molecule has 2 aromatic carbocycles. The van der Waals surface area contributed by atoms with Gasteiger partial charge in [0.05, 0.1) is 4.92 Å². The van der Waals surface area contributed by atoms with Crippen molar-refractivity contribution in [3.8, 4) is 0 Å². The predicted molar refractivity (Wildman–Crippen MR) is 103 cm³/mol. The zero-order valence-corrected chi connectivity index (χ0v) is 15.5. The van der Waals surface area contributed by atoms with Gasteiger partial charge in [-0.25, -0.2) is 4.79 Å². The number of anilines is 1. The quantitative estimate of drug-likeness (QED) is 0.403. The van der Waals surface area contributed by atoms with Crippen LogP contribution in [0.3, 0.4) is 0 Å². The Bertz CT molecular complexity index is 1060. The van der Waals surface area contributed by atoms with E-state index < -0.39 is 23.4 Å². The molecule has 1 amide bonds. The maximum absolute atomic E-state index is 12.2. The molecule has 0 bridgehead atoms. The van der Waals surface area contributed by atoms with E-state index in [4.69, 9.17) is 4.74 Å². The molecule has 0 aliphatic heterocycles. The van der Waals surface area contributed by atoms with E-state index in [2.05, 4.69) is 5.32 Å². The van der Waals surface area contributed by atoms with Gasteiger partial charge in [0.15, 0.2) is 6.61 Å². The zero-order valence-electron chi connectivity index (χ0n) is 14.6. The second-order valence-corrected chi connectivity index (χ2v) is 7.12. The van der Waals surface area contributed by atoms with Gasteiger partial charge < -0.3 is 10.1 Å². The van der Waals surface area contributed by atoms with Crippen LogP contribution in [0.2, 0.25) is 0 Å². The molecular weight excluding hydrogens is 368 g/mol. The number of hydrogen-bond donors (Lipinski definition) is 1. The molecule has 0 aliphatic carbocycles. The molecule has 1 heterocycles. The summed E-state index contributed by atoms with van der Waals surface area (Å²) in [5.74, 6) is -1.08. The van der Waals surface area contributed by atoms with Crippen LogP contribution < -0.4 is 5.32 Å². The van der Waals surface area contributed by atoms with Crippen LogP contribution in [-0.4, -0.2) is 23.4 Å². The Kier molecular flexibility index (Phi) is 5.18. The molecule has 7 nitrogen and oxygen atoms in total. The van der Waals surface area contributed by atoms with Crippen molar-refractivity contribution >= 4 is 44.7 Å². The minimum atomic E-state index is -0.644. The molecule has 0 spiro atoms. The van der Waals surface area contributed by atoms with E-state index in [1.54, 1.807) is 6.07 Å². The highest BCUT2D eigenvalue weighted by atomic mass is 32.1. The number of thiophene rings is 1. The Hall–Kier alpha value is -3.26. The minimum Gasteiger partial charge on any atom is -0.451 e. The Morgan fingerprint density at radius 2 is 1.93 bits per heavy atom. The van der Waals surface area contributed by atoms with Gasteiger partial charge in [-0.15, -0.1) is 11.3 Å². The van der Waals surface area contributed by atoms with E-state index in [9.17, 15) is 19.7 Å². The number of esters is 1. The Balaban J connectivity index is 1.65. The van der Waals surface area contributed by atoms with Crippen molar-refractivity contribution in [2.24, 2.45) is 0 Å². The van der Waals surface area contributed by atoms with Crippen LogP contribution in [0.25, 0.3) is 10.1 Å². The third-order valence-corrected chi connectivity index (χ3v) is 5.01. The van der Waals surface area contributed by atoms with Crippen LogP contribution in [0, 0.1) is 24.0 Å². The molecule has 1 aromatic heterocycles. The number of carbonyl (C=O) groups is 2. The van der Waals surface area contributed by atoms with E-state index in [0.717, 1.165) is 27.2 Å². The van der Waals surface area contributed by atoms with Crippen LogP contribution in [0.4, 0.5) is 11.4 Å². The monoisotopic (exact) mass is 384 g/mol. The van der Waals surface area contributed by atoms with Crippen molar-refractivity contribution in [1.82, 2.24) is 0 Å². The van der Waals surface area contributed by atoms with Crippen LogP contribution in [0.1, 0.15) is 20.8 Å². The second kappa shape index (κ2) is 7.55. The Morgan fingerprint density at radius 3 is 2.67 bits per heavy atom. The van der Waals surface area contributed by atoms with E-state index in [1.165, 1.54) is 18.2 Å². The molecule has 0 unspecified atom stereocenters. The van der Waals surface area contributed by atoms with Crippen molar-refractivity contribution in [1.29, 1.82) is 0 Å². The molecule has 0 saturated heterocycles. The van der Waals surface area contributed by atoms with E-state index in [0.29, 0.717) is 11.1 Å². The lowest BCUT2D eigenvalue weighted by Gasteiger charge is -2.09. The number of aryl methyl sites for hydroxylation is 2. The summed E-state index contributed by atoms with van der Waals surface area (Å²) in [5, 5.41) is 14.1. The van der Waals surface area contributed by atoms with Crippen molar-refractivity contribution in [2.75, 3.05) is 11.9 Å². The fraction of sp³-hybridized carbons (Fsp3) is 0.158. The third kappa shape index (κ3) is 4.29. The van der Waals surface area contributed by atoms with Crippen LogP contribution in [0.15, 0.2) is 42.5 Å². The SMILES string of the molecule is Cc1ccc(C)c(NC(=O)COC(=O)c2cc3cc([N+](=O)[O-])ccc3s2)c1. The molecule has 1 N–H and O–H groups in total. The molecule has 27 heavy (non-hydrogen) atoms. The molecule has 138 valence electrons. The lowest BCUT2D eigenvalue weighted by molar-refractivity contribution is -0.384. The van der Waals surface area contributed by atoms with Crippen molar-refractivity contribution in [3.05, 3.63) is 68.6 Å². The molecule has 3 rings (SSSR count). The molecule has 0 aliphatic rings. The molecular formula is C19H16N2O5S. The van der Waals surface area contributed by atoms with E-state index in [1.807, 2.05) is 32.0 Å². The predicted octanol–water partition coefficient (Wildman–Crippen LogP) is 4.22. The van der Waals surface area contributed by atoms with Gasteiger partial charge >= 0.3 is 5.97 Å².